The number of aromatic hydroxyl groups is 1. The third-order valence-electron chi connectivity index (χ3n) is 1.40. The number of carbonyl (C=O) groups excluding carboxylic acids is 1. The van der Waals surface area contributed by atoms with Gasteiger partial charge in [-0.05, 0) is 23.8 Å². The van der Waals surface area contributed by atoms with Crippen LogP contribution in [-0.2, 0) is 4.79 Å². The SMILES string of the molecule is O=NC(=O)/C=C/c1ccc(O)cc1. The fourth-order valence-corrected chi connectivity index (χ4v) is 0.783. The standard InChI is InChI=1S/C9H7NO3/c11-8-4-1-7(2-5-8)3-6-9(12)10-13/h1-6,11H/b6-3+. The van der Waals surface area contributed by atoms with Crippen LogP contribution in [0.5, 0.6) is 5.75 Å². The number of hydrogen-bond donors (Lipinski definition) is 1. The molecule has 0 spiro atoms. The zero-order valence-electron chi connectivity index (χ0n) is 6.68. The maximum Gasteiger partial charge on any atom is 0.309 e. The second kappa shape index (κ2) is 4.15. The van der Waals surface area contributed by atoms with E-state index in [-0.39, 0.29) is 5.75 Å². The Morgan fingerprint density at radius 1 is 1.31 bits per heavy atom. The highest BCUT2D eigenvalue weighted by Gasteiger charge is 1.92. The molecule has 1 amide bonds. The van der Waals surface area contributed by atoms with Crippen molar-refractivity contribution >= 4 is 12.0 Å². The zero-order chi connectivity index (χ0) is 9.68. The molecule has 1 rings (SSSR count). The largest absolute Gasteiger partial charge is 0.508 e. The summed E-state index contributed by atoms with van der Waals surface area (Å²) in [6.45, 7) is 0. The summed E-state index contributed by atoms with van der Waals surface area (Å²) in [6, 6.07) is 6.20. The molecule has 1 aromatic rings. The molecule has 0 atom stereocenters. The third-order valence-corrected chi connectivity index (χ3v) is 1.40. The van der Waals surface area contributed by atoms with Crippen LogP contribution >= 0.6 is 0 Å². The summed E-state index contributed by atoms with van der Waals surface area (Å²) >= 11 is 0. The van der Waals surface area contributed by atoms with E-state index in [1.54, 1.807) is 12.1 Å². The van der Waals surface area contributed by atoms with Crippen molar-refractivity contribution in [2.45, 2.75) is 0 Å². The number of amides is 1. The predicted molar refractivity (Wildman–Crippen MR) is 47.9 cm³/mol. The number of phenolic OH excluding ortho intramolecular Hbond substituents is 1. The van der Waals surface area contributed by atoms with Gasteiger partial charge in [0.15, 0.2) is 0 Å². The fourth-order valence-electron chi connectivity index (χ4n) is 0.783. The van der Waals surface area contributed by atoms with Gasteiger partial charge in [-0.15, -0.1) is 4.91 Å². The van der Waals surface area contributed by atoms with E-state index in [1.165, 1.54) is 18.2 Å². The maximum absolute atomic E-state index is 10.4. The van der Waals surface area contributed by atoms with E-state index < -0.39 is 5.91 Å². The Kier molecular flexibility index (Phi) is 2.92. The summed E-state index contributed by atoms with van der Waals surface area (Å²) in [4.78, 5) is 20.1. The highest BCUT2D eigenvalue weighted by Crippen LogP contribution is 2.10. The smallest absolute Gasteiger partial charge is 0.309 e. The summed E-state index contributed by atoms with van der Waals surface area (Å²) in [6.07, 6.45) is 2.52. The Hall–Kier alpha value is -1.97. The van der Waals surface area contributed by atoms with Crippen LogP contribution in [0.3, 0.4) is 0 Å². The molecule has 1 N–H and O–H groups in total. The maximum atomic E-state index is 10.4. The number of phenols is 1. The lowest BCUT2D eigenvalue weighted by molar-refractivity contribution is -0.113. The second-order valence-corrected chi connectivity index (χ2v) is 2.35. The van der Waals surface area contributed by atoms with Gasteiger partial charge in [0.1, 0.15) is 5.75 Å². The van der Waals surface area contributed by atoms with E-state index in [0.717, 1.165) is 11.6 Å². The normalized spacial score (nSPS) is 10.2. The van der Waals surface area contributed by atoms with Crippen LogP contribution in [0.15, 0.2) is 35.5 Å². The molecule has 0 unspecified atom stereocenters. The summed E-state index contributed by atoms with van der Waals surface area (Å²) in [5.41, 5.74) is 0.717. The van der Waals surface area contributed by atoms with Gasteiger partial charge in [0.2, 0.25) is 0 Å². The number of rotatable bonds is 2. The van der Waals surface area contributed by atoms with Gasteiger partial charge >= 0.3 is 5.91 Å². The van der Waals surface area contributed by atoms with Crippen molar-refractivity contribution in [3.63, 3.8) is 0 Å². The van der Waals surface area contributed by atoms with Gasteiger partial charge in [0.25, 0.3) is 0 Å². The van der Waals surface area contributed by atoms with Crippen molar-refractivity contribution in [2.75, 3.05) is 0 Å². The number of carbonyl (C=O) groups is 1. The highest BCUT2D eigenvalue weighted by molar-refractivity contribution is 5.92. The average molecular weight is 177 g/mol. The van der Waals surface area contributed by atoms with E-state index in [0.29, 0.717) is 0 Å². The molecule has 66 valence electrons. The van der Waals surface area contributed by atoms with Crippen LogP contribution in [0.1, 0.15) is 5.56 Å². The van der Waals surface area contributed by atoms with Gasteiger partial charge in [-0.25, -0.2) is 0 Å². The van der Waals surface area contributed by atoms with Gasteiger partial charge < -0.3 is 5.11 Å². The van der Waals surface area contributed by atoms with Crippen molar-refractivity contribution in [1.82, 2.24) is 0 Å². The van der Waals surface area contributed by atoms with Gasteiger partial charge in [0, 0.05) is 11.3 Å². The quantitative estimate of drug-likeness (QED) is 0.552. The van der Waals surface area contributed by atoms with Gasteiger partial charge in [-0.2, -0.15) is 0 Å². The predicted octanol–water partition coefficient (Wildman–Crippen LogP) is 1.70. The molecule has 0 aliphatic heterocycles. The zero-order valence-corrected chi connectivity index (χ0v) is 6.68. The molecular formula is C9H7NO3. The number of nitroso groups, excluding NO2 is 1. The molecule has 0 fully saturated rings. The molecule has 13 heavy (non-hydrogen) atoms. The second-order valence-electron chi connectivity index (χ2n) is 2.35. The van der Waals surface area contributed by atoms with E-state index >= 15 is 0 Å². The van der Waals surface area contributed by atoms with Crippen LogP contribution in [0.2, 0.25) is 0 Å². The topological polar surface area (TPSA) is 66.7 Å². The third kappa shape index (κ3) is 2.86. The minimum Gasteiger partial charge on any atom is -0.508 e. The molecular weight excluding hydrogens is 170 g/mol. The Bertz CT molecular complexity index is 340. The summed E-state index contributed by atoms with van der Waals surface area (Å²) < 4.78 is 0. The van der Waals surface area contributed by atoms with Crippen LogP contribution < -0.4 is 0 Å². The Morgan fingerprint density at radius 2 is 1.92 bits per heavy atom. The summed E-state index contributed by atoms with van der Waals surface area (Å²) in [5.74, 6) is -0.676. The first-order valence-corrected chi connectivity index (χ1v) is 3.57. The van der Waals surface area contributed by atoms with Crippen molar-refractivity contribution in [3.05, 3.63) is 40.8 Å². The van der Waals surface area contributed by atoms with Gasteiger partial charge in [0.05, 0.1) is 0 Å². The molecule has 0 aliphatic carbocycles. The minimum atomic E-state index is -0.826. The van der Waals surface area contributed by atoms with Crippen LogP contribution in [0.25, 0.3) is 6.08 Å². The van der Waals surface area contributed by atoms with Crippen molar-refractivity contribution in [2.24, 2.45) is 5.18 Å². The first kappa shape index (κ1) is 9.12. The fraction of sp³-hybridized carbons (Fsp3) is 0. The minimum absolute atomic E-state index is 0.150. The molecule has 1 aromatic carbocycles. The first-order chi connectivity index (χ1) is 6.22. The lowest BCUT2D eigenvalue weighted by Crippen LogP contribution is -1.82. The van der Waals surface area contributed by atoms with Crippen LogP contribution in [0, 0.1) is 4.91 Å². The summed E-state index contributed by atoms with van der Waals surface area (Å²) in [5, 5.41) is 11.1. The molecule has 0 saturated carbocycles. The van der Waals surface area contributed by atoms with E-state index in [2.05, 4.69) is 5.18 Å². The molecule has 4 heteroatoms. The van der Waals surface area contributed by atoms with Gasteiger partial charge in [-0.3, -0.25) is 4.79 Å². The molecule has 0 radical (unpaired) electrons. The average Bonchev–Trinajstić information content (AvgIpc) is 2.16. The van der Waals surface area contributed by atoms with E-state index in [4.69, 9.17) is 5.11 Å². The van der Waals surface area contributed by atoms with E-state index in [9.17, 15) is 9.70 Å². The molecule has 0 bridgehead atoms. The van der Waals surface area contributed by atoms with Crippen molar-refractivity contribution in [1.29, 1.82) is 0 Å². The highest BCUT2D eigenvalue weighted by atomic mass is 16.3. The number of hydrogen-bond acceptors (Lipinski definition) is 3. The molecule has 0 aliphatic rings. The van der Waals surface area contributed by atoms with Crippen LogP contribution in [0.4, 0.5) is 0 Å². The number of nitrogens with zero attached hydrogens (tertiary/aromatic N) is 1. The Balaban J connectivity index is 2.74. The lowest BCUT2D eigenvalue weighted by atomic mass is 10.2. The Morgan fingerprint density at radius 3 is 2.46 bits per heavy atom. The molecule has 0 heterocycles. The van der Waals surface area contributed by atoms with Gasteiger partial charge in [-0.1, -0.05) is 12.1 Å². The van der Waals surface area contributed by atoms with Crippen molar-refractivity contribution < 1.29 is 9.90 Å². The number of benzene rings is 1. The summed E-state index contributed by atoms with van der Waals surface area (Å²) in [7, 11) is 0. The Labute approximate surface area is 74.5 Å². The lowest BCUT2D eigenvalue weighted by Gasteiger charge is -1.92. The monoisotopic (exact) mass is 177 g/mol. The van der Waals surface area contributed by atoms with E-state index in [1.807, 2.05) is 0 Å². The molecule has 0 saturated heterocycles. The van der Waals surface area contributed by atoms with Crippen LogP contribution in [-0.4, -0.2) is 11.0 Å². The van der Waals surface area contributed by atoms with Crippen molar-refractivity contribution in [3.8, 4) is 5.75 Å². The molecule has 4 nitrogen and oxygen atoms in total. The molecule has 0 aromatic heterocycles. The first-order valence-electron chi connectivity index (χ1n) is 3.57.